The second-order valence-corrected chi connectivity index (χ2v) is 15.9. The van der Waals surface area contributed by atoms with Crippen LogP contribution in [0, 0.1) is 0 Å². The van der Waals surface area contributed by atoms with E-state index in [-0.39, 0.29) is 0 Å². The molecule has 0 spiro atoms. The van der Waals surface area contributed by atoms with Crippen LogP contribution in [0.15, 0.2) is 215 Å². The summed E-state index contributed by atoms with van der Waals surface area (Å²) in [6.45, 7) is 0. The Labute approximate surface area is 361 Å². The molecule has 0 bridgehead atoms. The smallest absolute Gasteiger partial charge is 0.164 e. The monoisotopic (exact) mass is 806 g/mol. The first-order valence-electron chi connectivity index (χ1n) is 21.1. The van der Waals surface area contributed by atoms with E-state index >= 15 is 0 Å². The number of benzene rings is 9. The van der Waals surface area contributed by atoms with Crippen molar-refractivity contribution in [3.05, 3.63) is 206 Å². The molecule has 0 saturated heterocycles. The van der Waals surface area contributed by atoms with Gasteiger partial charge in [-0.05, 0) is 82.9 Å². The normalized spacial score (nSPS) is 11.8. The number of hydrogen-bond acceptors (Lipinski definition) is 5. The third-order valence-corrected chi connectivity index (χ3v) is 12.3. The number of fused-ring (bicyclic) bond motifs is 9. The minimum atomic E-state index is 0.550. The quantitative estimate of drug-likeness (QED) is 0.167. The van der Waals surface area contributed by atoms with Crippen molar-refractivity contribution in [1.29, 1.82) is 0 Å². The fourth-order valence-electron chi connectivity index (χ4n) is 9.35. The molecule has 6 heteroatoms. The van der Waals surface area contributed by atoms with Gasteiger partial charge in [0.15, 0.2) is 17.5 Å². The summed E-state index contributed by atoms with van der Waals surface area (Å²) in [5.41, 5.74) is 13.7. The van der Waals surface area contributed by atoms with E-state index in [4.69, 9.17) is 23.8 Å². The molecule has 0 aliphatic heterocycles. The van der Waals surface area contributed by atoms with Crippen LogP contribution >= 0.6 is 0 Å². The Bertz CT molecular complexity index is 3900. The van der Waals surface area contributed by atoms with Crippen LogP contribution in [0.5, 0.6) is 0 Å². The molecule has 0 saturated carbocycles. The molecule has 0 radical (unpaired) electrons. The molecule has 0 aliphatic carbocycles. The lowest BCUT2D eigenvalue weighted by atomic mass is 9.99. The van der Waals surface area contributed by atoms with Gasteiger partial charge in [-0.3, -0.25) is 0 Å². The number of nitrogens with zero attached hydrogens (tertiary/aromatic N) is 4. The molecule has 294 valence electrons. The summed E-state index contributed by atoms with van der Waals surface area (Å²) < 4.78 is 15.6. The molecule has 0 N–H and O–H groups in total. The second-order valence-electron chi connectivity index (χ2n) is 15.9. The molecular weight excluding hydrogens is 773 g/mol. The highest BCUT2D eigenvalue weighted by molar-refractivity contribution is 6.18. The average molecular weight is 807 g/mol. The summed E-state index contributed by atoms with van der Waals surface area (Å²) >= 11 is 0. The minimum absolute atomic E-state index is 0.550. The summed E-state index contributed by atoms with van der Waals surface area (Å²) in [4.78, 5) is 15.2. The van der Waals surface area contributed by atoms with Crippen molar-refractivity contribution < 1.29 is 8.83 Å². The predicted octanol–water partition coefficient (Wildman–Crippen LogP) is 15.1. The Hall–Kier alpha value is -8.61. The van der Waals surface area contributed by atoms with Gasteiger partial charge in [-0.1, -0.05) is 146 Å². The number of para-hydroxylation sites is 1. The Morgan fingerprint density at radius 3 is 1.51 bits per heavy atom. The van der Waals surface area contributed by atoms with Crippen molar-refractivity contribution in [3.63, 3.8) is 0 Å². The Kier molecular flexibility index (Phi) is 7.80. The number of aromatic nitrogens is 4. The van der Waals surface area contributed by atoms with Gasteiger partial charge in [0.1, 0.15) is 22.3 Å². The van der Waals surface area contributed by atoms with Gasteiger partial charge in [0.25, 0.3) is 0 Å². The summed E-state index contributed by atoms with van der Waals surface area (Å²) in [5.74, 6) is 1.69. The van der Waals surface area contributed by atoms with E-state index < -0.39 is 0 Å². The van der Waals surface area contributed by atoms with Gasteiger partial charge in [0, 0.05) is 43.6 Å². The van der Waals surface area contributed by atoms with Crippen molar-refractivity contribution in [3.8, 4) is 62.1 Å². The Morgan fingerprint density at radius 1 is 0.302 bits per heavy atom. The third kappa shape index (κ3) is 5.69. The van der Waals surface area contributed by atoms with Crippen LogP contribution in [0.3, 0.4) is 0 Å². The molecule has 6 nitrogen and oxygen atoms in total. The van der Waals surface area contributed by atoms with Crippen molar-refractivity contribution in [2.45, 2.75) is 0 Å². The molecule has 13 rings (SSSR count). The molecule has 63 heavy (non-hydrogen) atoms. The highest BCUT2D eigenvalue weighted by atomic mass is 16.3. The summed E-state index contributed by atoms with van der Waals surface area (Å²) in [5, 5.41) is 6.59. The van der Waals surface area contributed by atoms with Crippen molar-refractivity contribution in [2.75, 3.05) is 0 Å². The standard InChI is InChI=1S/C57H34N4O2/c1-4-14-35(15-5-1)38-26-29-42-43-30-27-39(33-51(43)63-50(42)32-38)56-58-55(37-18-8-3-9-19-37)59-57(60-56)40-28-31-45-52(34-40)62-49-25-13-24-48(54(45)49)61-46-22-11-10-20-44(46)53-41(21-12-23-47(53)61)36-16-6-2-7-17-36/h1-34H. The molecule has 0 atom stereocenters. The van der Waals surface area contributed by atoms with Crippen LogP contribution in [-0.2, 0) is 0 Å². The Morgan fingerprint density at radius 2 is 0.810 bits per heavy atom. The van der Waals surface area contributed by atoms with Gasteiger partial charge in [-0.25, -0.2) is 15.0 Å². The highest BCUT2D eigenvalue weighted by Crippen LogP contribution is 2.42. The topological polar surface area (TPSA) is 69.9 Å². The molecular formula is C57H34N4O2. The highest BCUT2D eigenvalue weighted by Gasteiger charge is 2.21. The van der Waals surface area contributed by atoms with Gasteiger partial charge < -0.3 is 13.4 Å². The van der Waals surface area contributed by atoms with E-state index in [1.54, 1.807) is 0 Å². The van der Waals surface area contributed by atoms with E-state index in [9.17, 15) is 0 Å². The first-order valence-corrected chi connectivity index (χ1v) is 21.1. The Balaban J connectivity index is 0.953. The fraction of sp³-hybridized carbons (Fsp3) is 0. The maximum Gasteiger partial charge on any atom is 0.164 e. The largest absolute Gasteiger partial charge is 0.456 e. The van der Waals surface area contributed by atoms with E-state index in [2.05, 4.69) is 162 Å². The molecule has 0 aliphatic rings. The van der Waals surface area contributed by atoms with E-state index in [1.807, 2.05) is 48.5 Å². The van der Waals surface area contributed by atoms with Gasteiger partial charge >= 0.3 is 0 Å². The van der Waals surface area contributed by atoms with Gasteiger partial charge in [0.2, 0.25) is 0 Å². The SMILES string of the molecule is c1ccc(-c2ccc3c(c2)oc2cc(-c4nc(-c5ccccc5)nc(-c5ccc6c(c5)oc5cccc(-n7c8ccccc8c8c(-c9ccccc9)cccc87)c56)n4)ccc23)cc1. The van der Waals surface area contributed by atoms with Crippen LogP contribution in [0.1, 0.15) is 0 Å². The lowest BCUT2D eigenvalue weighted by Crippen LogP contribution is -2.00. The molecule has 9 aromatic carbocycles. The summed E-state index contributed by atoms with van der Waals surface area (Å²) in [6, 6.07) is 71.5. The first kappa shape index (κ1) is 35.2. The third-order valence-electron chi connectivity index (χ3n) is 12.3. The number of furan rings is 2. The molecule has 0 unspecified atom stereocenters. The van der Waals surface area contributed by atoms with Crippen LogP contribution in [0.25, 0.3) is 128 Å². The summed E-state index contributed by atoms with van der Waals surface area (Å²) in [6.07, 6.45) is 0. The summed E-state index contributed by atoms with van der Waals surface area (Å²) in [7, 11) is 0. The van der Waals surface area contributed by atoms with Crippen LogP contribution in [-0.4, -0.2) is 19.5 Å². The van der Waals surface area contributed by atoms with Crippen LogP contribution in [0.2, 0.25) is 0 Å². The number of hydrogen-bond donors (Lipinski definition) is 0. The zero-order valence-corrected chi connectivity index (χ0v) is 33.7. The van der Waals surface area contributed by atoms with Crippen LogP contribution in [0.4, 0.5) is 0 Å². The van der Waals surface area contributed by atoms with Gasteiger partial charge in [-0.2, -0.15) is 0 Å². The average Bonchev–Trinajstić information content (AvgIpc) is 4.03. The second kappa shape index (κ2) is 14.0. The lowest BCUT2D eigenvalue weighted by Gasteiger charge is -2.10. The first-order chi connectivity index (χ1) is 31.2. The zero-order chi connectivity index (χ0) is 41.4. The predicted molar refractivity (Wildman–Crippen MR) is 256 cm³/mol. The molecule has 13 aromatic rings. The molecule has 0 amide bonds. The van der Waals surface area contributed by atoms with E-state index in [0.717, 1.165) is 88.4 Å². The molecule has 0 fully saturated rings. The van der Waals surface area contributed by atoms with Crippen molar-refractivity contribution >= 4 is 65.7 Å². The van der Waals surface area contributed by atoms with Gasteiger partial charge in [0.05, 0.1) is 22.1 Å². The lowest BCUT2D eigenvalue weighted by molar-refractivity contribution is 0.668. The van der Waals surface area contributed by atoms with E-state index in [1.165, 1.54) is 21.9 Å². The van der Waals surface area contributed by atoms with E-state index in [0.29, 0.717) is 17.5 Å². The minimum Gasteiger partial charge on any atom is -0.456 e. The maximum absolute atomic E-state index is 6.72. The molecule has 4 aromatic heterocycles. The maximum atomic E-state index is 6.72. The molecule has 4 heterocycles. The van der Waals surface area contributed by atoms with Crippen molar-refractivity contribution in [1.82, 2.24) is 19.5 Å². The zero-order valence-electron chi connectivity index (χ0n) is 33.7. The van der Waals surface area contributed by atoms with Crippen molar-refractivity contribution in [2.24, 2.45) is 0 Å². The van der Waals surface area contributed by atoms with Crippen LogP contribution < -0.4 is 0 Å². The fourth-order valence-corrected chi connectivity index (χ4v) is 9.35. The number of rotatable bonds is 6. The van der Waals surface area contributed by atoms with Gasteiger partial charge in [-0.15, -0.1) is 0 Å².